The van der Waals surface area contributed by atoms with Crippen LogP contribution in [0.5, 0.6) is 0 Å². The zero-order valence-corrected chi connectivity index (χ0v) is 14.0. The van der Waals surface area contributed by atoms with Gasteiger partial charge in [0, 0.05) is 31.2 Å². The van der Waals surface area contributed by atoms with Gasteiger partial charge in [-0.05, 0) is 23.6 Å². The fourth-order valence-electron chi connectivity index (χ4n) is 2.53. The van der Waals surface area contributed by atoms with Crippen LogP contribution >= 0.6 is 0 Å². The molecule has 1 aromatic heterocycles. The molecule has 1 aliphatic heterocycles. The number of nitrogens with one attached hydrogen (secondary N) is 1. The third-order valence-corrected chi connectivity index (χ3v) is 4.03. The number of carbonyl (C=O) groups is 1. The van der Waals surface area contributed by atoms with Crippen molar-refractivity contribution in [1.29, 1.82) is 0 Å². The normalized spacial score (nSPS) is 14.7. The Morgan fingerprint density at radius 2 is 1.75 bits per heavy atom. The molecule has 0 radical (unpaired) electrons. The summed E-state index contributed by atoms with van der Waals surface area (Å²) < 4.78 is 5.26. The third kappa shape index (κ3) is 3.89. The molecule has 2 aromatic rings. The van der Waals surface area contributed by atoms with Crippen molar-refractivity contribution < 1.29 is 9.53 Å². The lowest BCUT2D eigenvalue weighted by Gasteiger charge is -2.26. The molecular weight excluding hydrogens is 304 g/mol. The first kappa shape index (κ1) is 16.4. The molecular formula is C18H22N4O2. The van der Waals surface area contributed by atoms with E-state index in [1.165, 1.54) is 5.56 Å². The number of anilines is 2. The van der Waals surface area contributed by atoms with Crippen LogP contribution in [0.15, 0.2) is 36.7 Å². The van der Waals surface area contributed by atoms with Crippen LogP contribution in [0.2, 0.25) is 0 Å². The molecule has 0 aliphatic carbocycles. The number of rotatable bonds is 4. The van der Waals surface area contributed by atoms with E-state index in [-0.39, 0.29) is 5.91 Å². The van der Waals surface area contributed by atoms with E-state index < -0.39 is 0 Å². The fraction of sp³-hybridized carbons (Fsp3) is 0.389. The smallest absolute Gasteiger partial charge is 0.257 e. The van der Waals surface area contributed by atoms with Crippen LogP contribution in [0.3, 0.4) is 0 Å². The molecule has 6 heteroatoms. The number of benzene rings is 1. The number of aromatic nitrogens is 2. The Labute approximate surface area is 141 Å². The van der Waals surface area contributed by atoms with Gasteiger partial charge in [0.1, 0.15) is 0 Å². The maximum atomic E-state index is 12.3. The number of morpholine rings is 1. The van der Waals surface area contributed by atoms with Crippen molar-refractivity contribution in [2.45, 2.75) is 19.8 Å². The summed E-state index contributed by atoms with van der Waals surface area (Å²) in [5.41, 5.74) is 2.71. The Hall–Kier alpha value is -2.47. The Morgan fingerprint density at radius 1 is 1.12 bits per heavy atom. The van der Waals surface area contributed by atoms with Crippen molar-refractivity contribution >= 4 is 17.5 Å². The summed E-state index contributed by atoms with van der Waals surface area (Å²) in [6.45, 7) is 6.71. The van der Waals surface area contributed by atoms with Gasteiger partial charge in [-0.3, -0.25) is 4.79 Å². The largest absolute Gasteiger partial charge is 0.378 e. The molecule has 126 valence electrons. The molecule has 3 rings (SSSR count). The topological polar surface area (TPSA) is 67.4 Å². The standard InChI is InChI=1S/C18H22N4O2/c1-13(2)14-3-5-16(6-4-14)21-18-19-11-15(12-20-18)17(23)22-7-9-24-10-8-22/h3-6,11-13H,7-10H2,1-2H3,(H,19,20,21). The summed E-state index contributed by atoms with van der Waals surface area (Å²) in [5.74, 6) is 0.928. The maximum absolute atomic E-state index is 12.3. The summed E-state index contributed by atoms with van der Waals surface area (Å²) in [7, 11) is 0. The Balaban J connectivity index is 1.64. The van der Waals surface area contributed by atoms with Crippen LogP contribution in [-0.2, 0) is 4.74 Å². The van der Waals surface area contributed by atoms with Gasteiger partial charge in [-0.1, -0.05) is 26.0 Å². The molecule has 1 aliphatic rings. The highest BCUT2D eigenvalue weighted by Gasteiger charge is 2.19. The predicted octanol–water partition coefficient (Wildman–Crippen LogP) is 2.82. The average Bonchev–Trinajstić information content (AvgIpc) is 2.63. The quantitative estimate of drug-likeness (QED) is 0.936. The van der Waals surface area contributed by atoms with Gasteiger partial charge in [0.05, 0.1) is 18.8 Å². The van der Waals surface area contributed by atoms with E-state index in [2.05, 4.69) is 41.3 Å². The maximum Gasteiger partial charge on any atom is 0.257 e. The molecule has 0 atom stereocenters. The Kier molecular flexibility index (Phi) is 5.05. The van der Waals surface area contributed by atoms with E-state index in [1.807, 2.05) is 12.1 Å². The Bertz CT molecular complexity index is 677. The highest BCUT2D eigenvalue weighted by atomic mass is 16.5. The first-order chi connectivity index (χ1) is 11.6. The van der Waals surface area contributed by atoms with Crippen molar-refractivity contribution in [2.75, 3.05) is 31.6 Å². The minimum Gasteiger partial charge on any atom is -0.378 e. The molecule has 24 heavy (non-hydrogen) atoms. The van der Waals surface area contributed by atoms with Crippen LogP contribution in [0.25, 0.3) is 0 Å². The lowest BCUT2D eigenvalue weighted by Crippen LogP contribution is -2.40. The second-order valence-electron chi connectivity index (χ2n) is 6.10. The van der Waals surface area contributed by atoms with Crippen molar-refractivity contribution in [3.05, 3.63) is 47.8 Å². The number of ether oxygens (including phenoxy) is 1. The van der Waals surface area contributed by atoms with Gasteiger partial charge in [0.25, 0.3) is 5.91 Å². The molecule has 0 spiro atoms. The number of amides is 1. The summed E-state index contributed by atoms with van der Waals surface area (Å²) in [6.07, 6.45) is 3.13. The predicted molar refractivity (Wildman–Crippen MR) is 92.6 cm³/mol. The van der Waals surface area contributed by atoms with Crippen LogP contribution in [0.1, 0.15) is 35.7 Å². The van der Waals surface area contributed by atoms with Crippen LogP contribution < -0.4 is 5.32 Å². The van der Waals surface area contributed by atoms with Gasteiger partial charge in [-0.15, -0.1) is 0 Å². The Morgan fingerprint density at radius 3 is 2.33 bits per heavy atom. The molecule has 1 fully saturated rings. The minimum absolute atomic E-state index is 0.0499. The van der Waals surface area contributed by atoms with Gasteiger partial charge in [-0.2, -0.15) is 0 Å². The van der Waals surface area contributed by atoms with Gasteiger partial charge in [0.2, 0.25) is 5.95 Å². The number of carbonyl (C=O) groups excluding carboxylic acids is 1. The van der Waals surface area contributed by atoms with Gasteiger partial charge in [0.15, 0.2) is 0 Å². The SMILES string of the molecule is CC(C)c1ccc(Nc2ncc(C(=O)N3CCOCC3)cn2)cc1. The number of hydrogen-bond donors (Lipinski definition) is 1. The zero-order valence-electron chi connectivity index (χ0n) is 14.0. The molecule has 0 saturated carbocycles. The molecule has 1 aromatic carbocycles. The summed E-state index contributed by atoms with van der Waals surface area (Å²) in [5, 5.41) is 3.15. The van der Waals surface area contributed by atoms with E-state index in [4.69, 9.17) is 4.74 Å². The molecule has 1 saturated heterocycles. The highest BCUT2D eigenvalue weighted by Crippen LogP contribution is 2.19. The number of hydrogen-bond acceptors (Lipinski definition) is 5. The van der Waals surface area contributed by atoms with E-state index in [1.54, 1.807) is 17.3 Å². The van der Waals surface area contributed by atoms with E-state index in [0.717, 1.165) is 5.69 Å². The zero-order chi connectivity index (χ0) is 16.9. The highest BCUT2D eigenvalue weighted by molar-refractivity contribution is 5.93. The summed E-state index contributed by atoms with van der Waals surface area (Å²) in [6, 6.07) is 8.18. The molecule has 6 nitrogen and oxygen atoms in total. The number of nitrogens with zero attached hydrogens (tertiary/aromatic N) is 3. The van der Waals surface area contributed by atoms with Crippen molar-refractivity contribution in [3.8, 4) is 0 Å². The van der Waals surface area contributed by atoms with Crippen LogP contribution in [-0.4, -0.2) is 47.1 Å². The minimum atomic E-state index is -0.0499. The van der Waals surface area contributed by atoms with E-state index >= 15 is 0 Å². The molecule has 1 amide bonds. The van der Waals surface area contributed by atoms with Crippen molar-refractivity contribution in [3.63, 3.8) is 0 Å². The molecule has 0 unspecified atom stereocenters. The first-order valence-electron chi connectivity index (χ1n) is 8.19. The van der Waals surface area contributed by atoms with Gasteiger partial charge >= 0.3 is 0 Å². The van der Waals surface area contributed by atoms with Gasteiger partial charge in [-0.25, -0.2) is 9.97 Å². The summed E-state index contributed by atoms with van der Waals surface area (Å²) >= 11 is 0. The fourth-order valence-corrected chi connectivity index (χ4v) is 2.53. The van der Waals surface area contributed by atoms with E-state index in [0.29, 0.717) is 43.7 Å². The van der Waals surface area contributed by atoms with Crippen molar-refractivity contribution in [1.82, 2.24) is 14.9 Å². The average molecular weight is 326 g/mol. The molecule has 0 bridgehead atoms. The second kappa shape index (κ2) is 7.40. The first-order valence-corrected chi connectivity index (χ1v) is 8.19. The second-order valence-corrected chi connectivity index (χ2v) is 6.10. The van der Waals surface area contributed by atoms with Crippen molar-refractivity contribution in [2.24, 2.45) is 0 Å². The monoisotopic (exact) mass is 326 g/mol. The van der Waals surface area contributed by atoms with Gasteiger partial charge < -0.3 is 15.0 Å². The lowest BCUT2D eigenvalue weighted by atomic mass is 10.0. The molecule has 2 heterocycles. The van der Waals surface area contributed by atoms with E-state index in [9.17, 15) is 4.79 Å². The summed E-state index contributed by atoms with van der Waals surface area (Å²) in [4.78, 5) is 22.6. The molecule has 1 N–H and O–H groups in total. The third-order valence-electron chi connectivity index (χ3n) is 4.03. The van der Waals surface area contributed by atoms with Crippen LogP contribution in [0.4, 0.5) is 11.6 Å². The lowest BCUT2D eigenvalue weighted by molar-refractivity contribution is 0.0302. The van der Waals surface area contributed by atoms with Crippen LogP contribution in [0, 0.1) is 0 Å².